The largest absolute Gasteiger partial charge is 0.345 e. The third-order valence-corrected chi connectivity index (χ3v) is 2.82. The Morgan fingerprint density at radius 1 is 1.37 bits per heavy atom. The first-order valence-electron chi connectivity index (χ1n) is 5.45. The van der Waals surface area contributed by atoms with Crippen LogP contribution in [-0.2, 0) is 4.79 Å². The number of non-ortho nitro benzene ring substituents is 1. The molecule has 1 aliphatic rings. The van der Waals surface area contributed by atoms with Crippen LogP contribution in [0.2, 0.25) is 0 Å². The zero-order valence-electron chi connectivity index (χ0n) is 9.58. The maximum Gasteiger partial charge on any atom is 0.270 e. The van der Waals surface area contributed by atoms with E-state index in [1.54, 1.807) is 12.3 Å². The van der Waals surface area contributed by atoms with E-state index in [0.29, 0.717) is 22.5 Å². The number of rotatable bonds is 2. The van der Waals surface area contributed by atoms with E-state index in [2.05, 4.69) is 15.3 Å². The lowest BCUT2D eigenvalue weighted by Crippen LogP contribution is -2.03. The van der Waals surface area contributed by atoms with Gasteiger partial charge >= 0.3 is 0 Å². The summed E-state index contributed by atoms with van der Waals surface area (Å²) >= 11 is 0. The Morgan fingerprint density at radius 3 is 2.89 bits per heavy atom. The average molecular weight is 256 g/mol. The maximum absolute atomic E-state index is 11.9. The number of amides is 1. The highest BCUT2D eigenvalue weighted by Crippen LogP contribution is 2.35. The Labute approximate surface area is 107 Å². The van der Waals surface area contributed by atoms with E-state index in [-0.39, 0.29) is 11.6 Å². The molecule has 3 rings (SSSR count). The van der Waals surface area contributed by atoms with Gasteiger partial charge in [0, 0.05) is 23.4 Å². The van der Waals surface area contributed by atoms with Gasteiger partial charge < -0.3 is 10.3 Å². The van der Waals surface area contributed by atoms with Gasteiger partial charge in [-0.1, -0.05) is 0 Å². The number of hydrogen-bond acceptors (Lipinski definition) is 4. The number of anilines is 1. The van der Waals surface area contributed by atoms with Gasteiger partial charge in [-0.25, -0.2) is 4.98 Å². The molecule has 2 N–H and O–H groups in total. The SMILES string of the molecule is O=C1Nc2ccc([N+](=O)[O-])cc2C1=Cc1cnc[nH]1. The van der Waals surface area contributed by atoms with Crippen molar-refractivity contribution in [1.82, 2.24) is 9.97 Å². The molecule has 1 aliphatic heterocycles. The van der Waals surface area contributed by atoms with Crippen LogP contribution in [0, 0.1) is 10.1 Å². The number of carbonyl (C=O) groups is 1. The summed E-state index contributed by atoms with van der Waals surface area (Å²) in [5.41, 5.74) is 2.08. The molecule has 2 aromatic rings. The van der Waals surface area contributed by atoms with E-state index in [1.165, 1.54) is 24.5 Å². The number of fused-ring (bicyclic) bond motifs is 1. The minimum atomic E-state index is -0.489. The monoisotopic (exact) mass is 256 g/mol. The summed E-state index contributed by atoms with van der Waals surface area (Å²) in [6.07, 6.45) is 4.67. The predicted octanol–water partition coefficient (Wildman–Crippen LogP) is 1.81. The molecule has 2 heterocycles. The van der Waals surface area contributed by atoms with Crippen molar-refractivity contribution in [2.45, 2.75) is 0 Å². The van der Waals surface area contributed by atoms with E-state index >= 15 is 0 Å². The fourth-order valence-electron chi connectivity index (χ4n) is 1.93. The molecule has 7 heteroatoms. The van der Waals surface area contributed by atoms with Crippen LogP contribution in [0.3, 0.4) is 0 Å². The molecule has 0 bridgehead atoms. The minimum Gasteiger partial charge on any atom is -0.345 e. The zero-order valence-corrected chi connectivity index (χ0v) is 9.58. The van der Waals surface area contributed by atoms with Crippen LogP contribution in [-0.4, -0.2) is 20.8 Å². The molecule has 0 fully saturated rings. The fraction of sp³-hybridized carbons (Fsp3) is 0. The molecular weight excluding hydrogens is 248 g/mol. The Morgan fingerprint density at radius 2 is 2.21 bits per heavy atom. The molecule has 19 heavy (non-hydrogen) atoms. The van der Waals surface area contributed by atoms with Gasteiger partial charge in [0.15, 0.2) is 0 Å². The summed E-state index contributed by atoms with van der Waals surface area (Å²) in [5, 5.41) is 13.4. The van der Waals surface area contributed by atoms with Crippen LogP contribution in [0.25, 0.3) is 11.6 Å². The quantitative estimate of drug-likeness (QED) is 0.486. The number of nitro groups is 1. The minimum absolute atomic E-state index is 0.0502. The average Bonchev–Trinajstić information content (AvgIpc) is 2.98. The van der Waals surface area contributed by atoms with Crippen molar-refractivity contribution in [1.29, 1.82) is 0 Å². The second kappa shape index (κ2) is 4.05. The normalized spacial score (nSPS) is 15.4. The van der Waals surface area contributed by atoms with E-state index in [4.69, 9.17) is 0 Å². The van der Waals surface area contributed by atoms with Gasteiger partial charge in [0.05, 0.1) is 28.7 Å². The van der Waals surface area contributed by atoms with Crippen molar-refractivity contribution < 1.29 is 9.72 Å². The van der Waals surface area contributed by atoms with Crippen molar-refractivity contribution in [3.63, 3.8) is 0 Å². The summed E-state index contributed by atoms with van der Waals surface area (Å²) in [6.45, 7) is 0. The molecule has 94 valence electrons. The molecule has 0 radical (unpaired) electrons. The highest BCUT2D eigenvalue weighted by molar-refractivity contribution is 6.34. The highest BCUT2D eigenvalue weighted by Gasteiger charge is 2.26. The first-order chi connectivity index (χ1) is 9.15. The zero-order chi connectivity index (χ0) is 13.4. The number of carbonyl (C=O) groups excluding carboxylic acids is 1. The number of nitrogens with one attached hydrogen (secondary N) is 2. The summed E-state index contributed by atoms with van der Waals surface area (Å²) in [6, 6.07) is 4.27. The molecule has 1 aromatic heterocycles. The van der Waals surface area contributed by atoms with Gasteiger partial charge in [-0.2, -0.15) is 0 Å². The van der Waals surface area contributed by atoms with Crippen LogP contribution in [0.4, 0.5) is 11.4 Å². The lowest BCUT2D eigenvalue weighted by Gasteiger charge is -1.98. The second-order valence-corrected chi connectivity index (χ2v) is 4.01. The van der Waals surface area contributed by atoms with Gasteiger partial charge in [-0.3, -0.25) is 14.9 Å². The first kappa shape index (κ1) is 11.1. The van der Waals surface area contributed by atoms with Crippen molar-refractivity contribution in [3.05, 3.63) is 52.1 Å². The van der Waals surface area contributed by atoms with Gasteiger partial charge in [-0.15, -0.1) is 0 Å². The molecular formula is C12H8N4O3. The van der Waals surface area contributed by atoms with Crippen LogP contribution < -0.4 is 5.32 Å². The molecule has 0 spiro atoms. The van der Waals surface area contributed by atoms with E-state index < -0.39 is 4.92 Å². The van der Waals surface area contributed by atoms with E-state index in [0.717, 1.165) is 0 Å². The number of H-pyrrole nitrogens is 1. The Kier molecular flexibility index (Phi) is 2.38. The molecule has 7 nitrogen and oxygen atoms in total. The maximum atomic E-state index is 11.9. The molecule has 0 saturated carbocycles. The number of imidazole rings is 1. The fourth-order valence-corrected chi connectivity index (χ4v) is 1.93. The van der Waals surface area contributed by atoms with Crippen LogP contribution in [0.15, 0.2) is 30.7 Å². The first-order valence-corrected chi connectivity index (χ1v) is 5.45. The van der Waals surface area contributed by atoms with Crippen molar-refractivity contribution in [2.75, 3.05) is 5.32 Å². The number of hydrogen-bond donors (Lipinski definition) is 2. The Bertz CT molecular complexity index is 704. The topological polar surface area (TPSA) is 101 Å². The van der Waals surface area contributed by atoms with Crippen molar-refractivity contribution in [2.24, 2.45) is 0 Å². The third-order valence-electron chi connectivity index (χ3n) is 2.82. The third kappa shape index (κ3) is 1.86. The predicted molar refractivity (Wildman–Crippen MR) is 68.2 cm³/mol. The van der Waals surface area contributed by atoms with Crippen LogP contribution in [0.5, 0.6) is 0 Å². The van der Waals surface area contributed by atoms with Gasteiger partial charge in [0.2, 0.25) is 0 Å². The number of aromatic nitrogens is 2. The molecule has 1 amide bonds. The molecule has 0 saturated heterocycles. The summed E-state index contributed by atoms with van der Waals surface area (Å²) in [5.74, 6) is -0.287. The lowest BCUT2D eigenvalue weighted by atomic mass is 10.1. The summed E-state index contributed by atoms with van der Waals surface area (Å²) in [7, 11) is 0. The Balaban J connectivity index is 2.12. The summed E-state index contributed by atoms with van der Waals surface area (Å²) in [4.78, 5) is 28.8. The molecule has 0 atom stereocenters. The molecule has 0 aliphatic carbocycles. The Hall–Kier alpha value is -2.96. The van der Waals surface area contributed by atoms with E-state index in [9.17, 15) is 14.9 Å². The number of aromatic amines is 1. The molecule has 1 aromatic carbocycles. The van der Waals surface area contributed by atoms with Crippen LogP contribution >= 0.6 is 0 Å². The van der Waals surface area contributed by atoms with Gasteiger partial charge in [-0.05, 0) is 12.1 Å². The smallest absolute Gasteiger partial charge is 0.270 e. The van der Waals surface area contributed by atoms with Crippen LogP contribution in [0.1, 0.15) is 11.3 Å². The summed E-state index contributed by atoms with van der Waals surface area (Å²) < 4.78 is 0. The van der Waals surface area contributed by atoms with E-state index in [1.807, 2.05) is 0 Å². The molecule has 0 unspecified atom stereocenters. The lowest BCUT2D eigenvalue weighted by molar-refractivity contribution is -0.384. The number of benzene rings is 1. The van der Waals surface area contributed by atoms with Gasteiger partial charge in [0.1, 0.15) is 0 Å². The number of nitrogens with zero attached hydrogens (tertiary/aromatic N) is 2. The standard InChI is InChI=1S/C12H8N4O3/c17-12-10(3-7-5-13-6-14-7)9-4-8(16(18)19)1-2-11(9)15-12/h1-6H,(H,13,14)(H,15,17). The van der Waals surface area contributed by atoms with Gasteiger partial charge in [0.25, 0.3) is 11.6 Å². The number of nitro benzene ring substituents is 1. The van der Waals surface area contributed by atoms with Crippen molar-refractivity contribution >= 4 is 28.9 Å². The second-order valence-electron chi connectivity index (χ2n) is 4.01. The van der Waals surface area contributed by atoms with Crippen molar-refractivity contribution in [3.8, 4) is 0 Å². The highest BCUT2D eigenvalue weighted by atomic mass is 16.6.